The van der Waals surface area contributed by atoms with E-state index in [0.717, 1.165) is 12.8 Å². The molecular weight excluding hydrogens is 224 g/mol. The van der Waals surface area contributed by atoms with Crippen LogP contribution in [-0.4, -0.2) is 17.6 Å². The number of allylic oxidation sites excluding steroid dienone is 1. The van der Waals surface area contributed by atoms with Crippen molar-refractivity contribution in [3.8, 4) is 0 Å². The predicted octanol–water partition coefficient (Wildman–Crippen LogP) is 2.47. The average Bonchev–Trinajstić information content (AvgIpc) is 2.66. The van der Waals surface area contributed by atoms with Gasteiger partial charge in [-0.3, -0.25) is 0 Å². The van der Waals surface area contributed by atoms with E-state index < -0.39 is 0 Å². The molecule has 1 heterocycles. The minimum atomic E-state index is -0.332. The zero-order valence-corrected chi connectivity index (χ0v) is 10.3. The molecule has 5 heteroatoms. The number of unbranched alkanes of at least 4 members (excludes halogenated alkanes) is 1. The minimum absolute atomic E-state index is 0.332. The zero-order chi connectivity index (χ0) is 12.0. The monoisotopic (exact) mass is 240 g/mol. The summed E-state index contributed by atoms with van der Waals surface area (Å²) >= 11 is 1.31. The first-order valence-electron chi connectivity index (χ1n) is 5.23. The minimum Gasteiger partial charge on any atom is -0.462 e. The molecule has 0 fully saturated rings. The van der Waals surface area contributed by atoms with E-state index in [0.29, 0.717) is 23.0 Å². The molecule has 0 aliphatic rings. The molecule has 0 unspecified atom stereocenters. The number of nitrogens with zero attached hydrogens (tertiary/aromatic N) is 1. The molecule has 1 aromatic rings. The molecule has 0 saturated heterocycles. The Morgan fingerprint density at radius 2 is 2.44 bits per heavy atom. The second-order valence-electron chi connectivity index (χ2n) is 3.26. The van der Waals surface area contributed by atoms with Gasteiger partial charge in [0.2, 0.25) is 0 Å². The lowest BCUT2D eigenvalue weighted by Gasteiger charge is -2.05. The Bertz CT molecular complexity index is 385. The molecule has 0 aromatic carbocycles. The molecule has 16 heavy (non-hydrogen) atoms. The van der Waals surface area contributed by atoms with Gasteiger partial charge in [0.1, 0.15) is 0 Å². The zero-order valence-electron chi connectivity index (χ0n) is 9.53. The van der Waals surface area contributed by atoms with Crippen LogP contribution in [-0.2, 0) is 9.53 Å². The maximum absolute atomic E-state index is 11.7. The highest BCUT2D eigenvalue weighted by Crippen LogP contribution is 2.20. The van der Waals surface area contributed by atoms with Crippen LogP contribution in [0.2, 0.25) is 0 Å². The van der Waals surface area contributed by atoms with Crippen LogP contribution in [0.1, 0.15) is 32.4 Å². The van der Waals surface area contributed by atoms with Crippen molar-refractivity contribution in [2.75, 3.05) is 12.3 Å². The number of ether oxygens (including phenoxy) is 1. The van der Waals surface area contributed by atoms with Gasteiger partial charge in [0.25, 0.3) is 0 Å². The fraction of sp³-hybridized carbons (Fsp3) is 0.455. The highest BCUT2D eigenvalue weighted by atomic mass is 32.1. The van der Waals surface area contributed by atoms with Gasteiger partial charge >= 0.3 is 5.97 Å². The average molecular weight is 240 g/mol. The number of anilines is 1. The highest BCUT2D eigenvalue weighted by Gasteiger charge is 2.15. The number of carbonyl (C=O) groups is 1. The first kappa shape index (κ1) is 12.7. The smallest absolute Gasteiger partial charge is 0.340 e. The van der Waals surface area contributed by atoms with Crippen LogP contribution >= 0.6 is 11.3 Å². The van der Waals surface area contributed by atoms with Gasteiger partial charge in [-0.25, -0.2) is 9.78 Å². The third kappa shape index (κ3) is 3.34. The van der Waals surface area contributed by atoms with Crippen LogP contribution in [0.15, 0.2) is 11.5 Å². The van der Waals surface area contributed by atoms with E-state index >= 15 is 0 Å². The van der Waals surface area contributed by atoms with Gasteiger partial charge in [0, 0.05) is 5.38 Å². The van der Waals surface area contributed by atoms with Crippen molar-refractivity contribution in [1.82, 2.24) is 4.98 Å². The number of nitrogen functional groups attached to an aromatic ring is 1. The van der Waals surface area contributed by atoms with Gasteiger partial charge < -0.3 is 10.5 Å². The Morgan fingerprint density at radius 1 is 1.69 bits per heavy atom. The molecular formula is C11H16N2O2S. The summed E-state index contributed by atoms with van der Waals surface area (Å²) in [5, 5.41) is 2.21. The first-order valence-corrected chi connectivity index (χ1v) is 6.11. The normalized spacial score (nSPS) is 11.5. The van der Waals surface area contributed by atoms with Crippen LogP contribution in [0.4, 0.5) is 5.13 Å². The van der Waals surface area contributed by atoms with Gasteiger partial charge in [0.05, 0.1) is 17.9 Å². The molecule has 0 atom stereocenters. The molecule has 4 nitrogen and oxygen atoms in total. The van der Waals surface area contributed by atoms with Crippen molar-refractivity contribution >= 4 is 28.0 Å². The number of hydrogen-bond donors (Lipinski definition) is 1. The number of hydrogen-bond acceptors (Lipinski definition) is 5. The number of rotatable bonds is 5. The molecule has 0 radical (unpaired) electrons. The number of esters is 1. The van der Waals surface area contributed by atoms with E-state index in [9.17, 15) is 4.79 Å². The molecule has 0 aliphatic carbocycles. The summed E-state index contributed by atoms with van der Waals surface area (Å²) < 4.78 is 5.12. The summed E-state index contributed by atoms with van der Waals surface area (Å²) in [5.41, 5.74) is 6.59. The topological polar surface area (TPSA) is 65.2 Å². The lowest BCUT2D eigenvalue weighted by Crippen LogP contribution is -2.08. The van der Waals surface area contributed by atoms with Gasteiger partial charge in [-0.15, -0.1) is 11.3 Å². The number of thiazole rings is 1. The summed E-state index contributed by atoms with van der Waals surface area (Å²) in [6, 6.07) is 0. The van der Waals surface area contributed by atoms with E-state index in [2.05, 4.69) is 4.98 Å². The second kappa shape index (κ2) is 6.27. The van der Waals surface area contributed by atoms with Gasteiger partial charge in [-0.05, 0) is 13.3 Å². The van der Waals surface area contributed by atoms with Crippen molar-refractivity contribution in [3.63, 3.8) is 0 Å². The van der Waals surface area contributed by atoms with E-state index in [1.165, 1.54) is 11.3 Å². The van der Waals surface area contributed by atoms with Gasteiger partial charge in [-0.1, -0.05) is 19.4 Å². The summed E-state index contributed by atoms with van der Waals surface area (Å²) in [6.07, 6.45) is 3.58. The summed E-state index contributed by atoms with van der Waals surface area (Å²) in [5.74, 6) is -0.332. The standard InChI is InChI=1S/C11H16N2O2S/c1-3-5-6-15-10(14)8(4-2)9-7-16-11(12)13-9/h4,7H,3,5-6H2,1-2H3,(H2,12,13)/b8-4-. The maximum Gasteiger partial charge on any atom is 0.340 e. The third-order valence-corrected chi connectivity index (χ3v) is 2.71. The summed E-state index contributed by atoms with van der Waals surface area (Å²) in [7, 11) is 0. The Morgan fingerprint density at radius 3 is 2.94 bits per heavy atom. The third-order valence-electron chi connectivity index (χ3n) is 2.04. The fourth-order valence-corrected chi connectivity index (χ4v) is 1.73. The molecule has 1 aromatic heterocycles. The first-order chi connectivity index (χ1) is 7.69. The van der Waals surface area contributed by atoms with E-state index in [1.807, 2.05) is 6.92 Å². The lowest BCUT2D eigenvalue weighted by molar-refractivity contribution is -0.136. The van der Waals surface area contributed by atoms with Crippen LogP contribution in [0, 0.1) is 0 Å². The number of aromatic nitrogens is 1. The van der Waals surface area contributed by atoms with Crippen LogP contribution in [0.25, 0.3) is 5.57 Å². The number of carbonyl (C=O) groups excluding carboxylic acids is 1. The Hall–Kier alpha value is -1.36. The van der Waals surface area contributed by atoms with E-state index in [1.54, 1.807) is 18.4 Å². The number of nitrogens with two attached hydrogens (primary N) is 1. The lowest BCUT2D eigenvalue weighted by atomic mass is 10.2. The Kier molecular flexibility index (Phi) is 4.98. The van der Waals surface area contributed by atoms with Crippen LogP contribution in [0.5, 0.6) is 0 Å². The molecule has 1 rings (SSSR count). The Balaban J connectivity index is 2.65. The van der Waals surface area contributed by atoms with Crippen LogP contribution < -0.4 is 5.73 Å². The largest absolute Gasteiger partial charge is 0.462 e. The second-order valence-corrected chi connectivity index (χ2v) is 4.15. The fourth-order valence-electron chi connectivity index (χ4n) is 1.17. The van der Waals surface area contributed by atoms with E-state index in [-0.39, 0.29) is 5.97 Å². The SMILES string of the molecule is C/C=C(\C(=O)OCCCC)c1csc(N)n1. The molecule has 0 bridgehead atoms. The van der Waals surface area contributed by atoms with Crippen molar-refractivity contribution in [2.45, 2.75) is 26.7 Å². The highest BCUT2D eigenvalue weighted by molar-refractivity contribution is 7.13. The summed E-state index contributed by atoms with van der Waals surface area (Å²) in [4.78, 5) is 15.8. The molecule has 0 spiro atoms. The van der Waals surface area contributed by atoms with Crippen molar-refractivity contribution in [3.05, 3.63) is 17.2 Å². The molecule has 0 aliphatic heterocycles. The van der Waals surface area contributed by atoms with Gasteiger partial charge in [0.15, 0.2) is 5.13 Å². The van der Waals surface area contributed by atoms with Crippen molar-refractivity contribution in [2.24, 2.45) is 0 Å². The van der Waals surface area contributed by atoms with Gasteiger partial charge in [-0.2, -0.15) is 0 Å². The maximum atomic E-state index is 11.7. The molecule has 2 N–H and O–H groups in total. The van der Waals surface area contributed by atoms with Crippen LogP contribution in [0.3, 0.4) is 0 Å². The van der Waals surface area contributed by atoms with Crippen molar-refractivity contribution < 1.29 is 9.53 Å². The summed E-state index contributed by atoms with van der Waals surface area (Å²) in [6.45, 7) is 4.28. The Labute approximate surface area is 99.1 Å². The van der Waals surface area contributed by atoms with Crippen molar-refractivity contribution in [1.29, 1.82) is 0 Å². The molecule has 88 valence electrons. The quantitative estimate of drug-likeness (QED) is 0.488. The predicted molar refractivity (Wildman–Crippen MR) is 66.0 cm³/mol. The van der Waals surface area contributed by atoms with E-state index in [4.69, 9.17) is 10.5 Å². The molecule has 0 amide bonds. The molecule has 0 saturated carbocycles.